The van der Waals surface area contributed by atoms with Crippen LogP contribution in [0.15, 0.2) is 174 Å². The van der Waals surface area contributed by atoms with Gasteiger partial charge in [-0.25, -0.2) is 15.0 Å². The average Bonchev–Trinajstić information content (AvgIpc) is 3.74. The fourth-order valence-electron chi connectivity index (χ4n) is 7.78. The van der Waals surface area contributed by atoms with Crippen LogP contribution in [0, 0.1) is 0 Å². The van der Waals surface area contributed by atoms with Crippen LogP contribution >= 0.6 is 0 Å². The van der Waals surface area contributed by atoms with E-state index in [1.807, 2.05) is 48.5 Å². The van der Waals surface area contributed by atoms with Gasteiger partial charge >= 0.3 is 0 Å². The molecule has 0 aliphatic carbocycles. The molecule has 0 saturated heterocycles. The summed E-state index contributed by atoms with van der Waals surface area (Å²) < 4.78 is 8.58. The Labute approximate surface area is 298 Å². The van der Waals surface area contributed by atoms with Crippen LogP contribution in [-0.4, -0.2) is 19.5 Å². The molecule has 3 heterocycles. The summed E-state index contributed by atoms with van der Waals surface area (Å²) in [6, 6.07) is 59.3. The second-order valence-corrected chi connectivity index (χ2v) is 13.2. The van der Waals surface area contributed by atoms with Crippen LogP contribution in [0.3, 0.4) is 0 Å². The highest BCUT2D eigenvalue weighted by Crippen LogP contribution is 2.41. The fourth-order valence-corrected chi connectivity index (χ4v) is 7.78. The molecule has 11 aromatic rings. The van der Waals surface area contributed by atoms with Crippen molar-refractivity contribution in [1.29, 1.82) is 0 Å². The highest BCUT2D eigenvalue weighted by molar-refractivity contribution is 6.15. The van der Waals surface area contributed by atoms with Gasteiger partial charge in [0.15, 0.2) is 17.5 Å². The molecule has 11 rings (SSSR count). The molecule has 0 aliphatic rings. The lowest BCUT2D eigenvalue weighted by atomic mass is 10.0. The Hall–Kier alpha value is -7.11. The maximum atomic E-state index is 6.17. The summed E-state index contributed by atoms with van der Waals surface area (Å²) in [6.07, 6.45) is 0. The normalized spacial score (nSPS) is 11.8. The maximum Gasteiger partial charge on any atom is 0.166 e. The third kappa shape index (κ3) is 4.39. The lowest BCUT2D eigenvalue weighted by Gasteiger charge is -2.17. The number of rotatable bonds is 4. The van der Waals surface area contributed by atoms with E-state index in [1.54, 1.807) is 0 Å². The molecular weight excluding hydrogens is 637 g/mol. The lowest BCUT2D eigenvalue weighted by molar-refractivity contribution is 0.669. The van der Waals surface area contributed by atoms with Crippen molar-refractivity contribution in [2.75, 3.05) is 0 Å². The molecule has 0 unspecified atom stereocenters. The lowest BCUT2D eigenvalue weighted by Crippen LogP contribution is -2.04. The van der Waals surface area contributed by atoms with E-state index in [2.05, 4.69) is 126 Å². The topological polar surface area (TPSA) is 56.7 Å². The molecule has 0 atom stereocenters. The van der Waals surface area contributed by atoms with E-state index in [4.69, 9.17) is 19.4 Å². The summed E-state index contributed by atoms with van der Waals surface area (Å²) in [6.45, 7) is 0. The van der Waals surface area contributed by atoms with E-state index in [0.29, 0.717) is 17.5 Å². The molecule has 0 spiro atoms. The Balaban J connectivity index is 1.23. The van der Waals surface area contributed by atoms with Gasteiger partial charge in [0.05, 0.1) is 16.7 Å². The van der Waals surface area contributed by atoms with Gasteiger partial charge in [0.1, 0.15) is 11.2 Å². The second kappa shape index (κ2) is 11.2. The maximum absolute atomic E-state index is 6.17. The zero-order valence-electron chi connectivity index (χ0n) is 27.9. The van der Waals surface area contributed by atoms with Crippen molar-refractivity contribution in [3.05, 3.63) is 170 Å². The molecule has 5 heteroatoms. The van der Waals surface area contributed by atoms with Gasteiger partial charge in [-0.05, 0) is 64.7 Å². The summed E-state index contributed by atoms with van der Waals surface area (Å²) in [5.41, 5.74) is 7.72. The Bertz CT molecular complexity index is 3190. The first-order valence-corrected chi connectivity index (χ1v) is 17.4. The average molecular weight is 665 g/mol. The smallest absolute Gasteiger partial charge is 0.166 e. The predicted octanol–water partition coefficient (Wildman–Crippen LogP) is 12.2. The van der Waals surface area contributed by atoms with Gasteiger partial charge < -0.3 is 8.98 Å². The van der Waals surface area contributed by atoms with Crippen LogP contribution in [0.1, 0.15) is 0 Å². The number of para-hydroxylation sites is 2. The molecule has 8 aromatic carbocycles. The monoisotopic (exact) mass is 664 g/mol. The van der Waals surface area contributed by atoms with Crippen molar-refractivity contribution in [3.8, 4) is 39.9 Å². The first-order valence-electron chi connectivity index (χ1n) is 17.4. The predicted molar refractivity (Wildman–Crippen MR) is 213 cm³/mol. The quantitative estimate of drug-likeness (QED) is 0.188. The van der Waals surface area contributed by atoms with Gasteiger partial charge in [-0.3, -0.25) is 0 Å². The minimum absolute atomic E-state index is 0.600. The van der Waals surface area contributed by atoms with E-state index in [0.717, 1.165) is 66.1 Å². The molecule has 5 nitrogen and oxygen atoms in total. The minimum Gasteiger partial charge on any atom is -0.456 e. The summed E-state index contributed by atoms with van der Waals surface area (Å²) in [5, 5.41) is 9.16. The van der Waals surface area contributed by atoms with E-state index in [1.165, 1.54) is 21.5 Å². The van der Waals surface area contributed by atoms with E-state index >= 15 is 0 Å². The van der Waals surface area contributed by atoms with Gasteiger partial charge in [-0.2, -0.15) is 0 Å². The summed E-state index contributed by atoms with van der Waals surface area (Å²) in [4.78, 5) is 15.6. The summed E-state index contributed by atoms with van der Waals surface area (Å²) in [5.74, 6) is 1.82. The number of hydrogen-bond donors (Lipinski definition) is 0. The molecule has 0 bridgehead atoms. The molecule has 0 aliphatic heterocycles. The van der Waals surface area contributed by atoms with Crippen molar-refractivity contribution in [1.82, 2.24) is 19.5 Å². The van der Waals surface area contributed by atoms with Crippen LogP contribution in [0.5, 0.6) is 0 Å². The van der Waals surface area contributed by atoms with Gasteiger partial charge in [-0.15, -0.1) is 0 Å². The molecule has 0 N–H and O–H groups in total. The van der Waals surface area contributed by atoms with Crippen LogP contribution in [0.25, 0.3) is 105 Å². The van der Waals surface area contributed by atoms with Gasteiger partial charge in [0, 0.05) is 43.6 Å². The van der Waals surface area contributed by atoms with E-state index in [-0.39, 0.29) is 0 Å². The largest absolute Gasteiger partial charge is 0.456 e. The third-order valence-corrected chi connectivity index (χ3v) is 10.2. The van der Waals surface area contributed by atoms with Crippen molar-refractivity contribution in [3.63, 3.8) is 0 Å². The number of furan rings is 1. The fraction of sp³-hybridized carbons (Fsp3) is 0. The standard InChI is InChI=1S/C47H28N4O/c1-2-13-30(14-3-1)45-48-46(33-23-25-43-39(27-33)36-19-9-11-21-42(36)52-43)50-47(49-45)37-24-22-29-12-6-7-17-34(29)44(37)51-40-20-10-8-18-35(40)38-26-31-15-4-5-16-32(31)28-41(38)51/h1-28H. The Morgan fingerprint density at radius 2 is 1.00 bits per heavy atom. The van der Waals surface area contributed by atoms with Crippen molar-refractivity contribution in [2.45, 2.75) is 0 Å². The van der Waals surface area contributed by atoms with Gasteiger partial charge in [-0.1, -0.05) is 121 Å². The number of hydrogen-bond acceptors (Lipinski definition) is 4. The molecule has 0 fully saturated rings. The van der Waals surface area contributed by atoms with Crippen molar-refractivity contribution < 1.29 is 4.42 Å². The summed E-state index contributed by atoms with van der Waals surface area (Å²) in [7, 11) is 0. The molecule has 242 valence electrons. The first-order chi connectivity index (χ1) is 25.8. The summed E-state index contributed by atoms with van der Waals surface area (Å²) >= 11 is 0. The second-order valence-electron chi connectivity index (χ2n) is 13.2. The highest BCUT2D eigenvalue weighted by Gasteiger charge is 2.22. The number of benzene rings is 8. The number of aromatic nitrogens is 4. The SMILES string of the molecule is c1ccc(-c2nc(-c3ccc4oc5ccccc5c4c3)nc(-c3ccc4ccccc4c3-n3c4ccccc4c4cc5ccccc5cc43)n2)cc1. The van der Waals surface area contributed by atoms with Crippen LogP contribution in [0.4, 0.5) is 0 Å². The highest BCUT2D eigenvalue weighted by atomic mass is 16.3. The molecule has 3 aromatic heterocycles. The zero-order valence-corrected chi connectivity index (χ0v) is 27.9. The van der Waals surface area contributed by atoms with Gasteiger partial charge in [0.2, 0.25) is 0 Å². The Morgan fingerprint density at radius 3 is 1.85 bits per heavy atom. The molecule has 0 radical (unpaired) electrons. The molecular formula is C47H28N4O. The van der Waals surface area contributed by atoms with E-state index < -0.39 is 0 Å². The Morgan fingerprint density at radius 1 is 0.365 bits per heavy atom. The Kier molecular flexibility index (Phi) is 6.18. The third-order valence-electron chi connectivity index (χ3n) is 10.2. The molecule has 0 saturated carbocycles. The molecule has 52 heavy (non-hydrogen) atoms. The number of nitrogens with zero attached hydrogens (tertiary/aromatic N) is 4. The van der Waals surface area contributed by atoms with Crippen molar-refractivity contribution >= 4 is 65.3 Å². The first kappa shape index (κ1) is 28.7. The molecule has 0 amide bonds. The van der Waals surface area contributed by atoms with Crippen LogP contribution in [-0.2, 0) is 0 Å². The number of fused-ring (bicyclic) bond motifs is 8. The zero-order chi connectivity index (χ0) is 34.2. The van der Waals surface area contributed by atoms with Crippen LogP contribution < -0.4 is 0 Å². The van der Waals surface area contributed by atoms with Crippen LogP contribution in [0.2, 0.25) is 0 Å². The van der Waals surface area contributed by atoms with Crippen molar-refractivity contribution in [2.24, 2.45) is 0 Å². The van der Waals surface area contributed by atoms with Gasteiger partial charge in [0.25, 0.3) is 0 Å². The minimum atomic E-state index is 0.600. The van der Waals surface area contributed by atoms with E-state index in [9.17, 15) is 0 Å².